The van der Waals surface area contributed by atoms with E-state index in [2.05, 4.69) is 15.1 Å². The van der Waals surface area contributed by atoms with Crippen LogP contribution in [0.1, 0.15) is 70.2 Å². The number of carbonyl (C=O) groups is 2. The Kier molecular flexibility index (Phi) is 12.9. The van der Waals surface area contributed by atoms with Crippen molar-refractivity contribution in [2.75, 3.05) is 12.3 Å². The number of pyridine rings is 1. The number of carbonyl (C=O) groups excluding carboxylic acids is 2. The van der Waals surface area contributed by atoms with Crippen LogP contribution in [0, 0.1) is 18.2 Å². The van der Waals surface area contributed by atoms with E-state index in [1.807, 2.05) is 6.92 Å². The summed E-state index contributed by atoms with van der Waals surface area (Å²) in [6.07, 6.45) is -2.49. The van der Waals surface area contributed by atoms with Gasteiger partial charge in [-0.3, -0.25) is 14.6 Å². The minimum Gasteiger partial charge on any atom is -0.356 e. The summed E-state index contributed by atoms with van der Waals surface area (Å²) in [5.41, 5.74) is 0.286. The van der Waals surface area contributed by atoms with Crippen molar-refractivity contribution in [3.8, 4) is 11.1 Å². The molecule has 0 aliphatic carbocycles. The molecule has 3 rings (SSSR count). The number of aryl methyl sites for hydroxylation is 1. The normalized spacial score (nSPS) is 13.9. The first-order valence-corrected chi connectivity index (χ1v) is 18.5. The van der Waals surface area contributed by atoms with Crippen LogP contribution < -0.4 is 10.2 Å². The molecule has 2 N–H and O–H groups in total. The van der Waals surface area contributed by atoms with Crippen molar-refractivity contribution in [2.24, 2.45) is 5.41 Å². The Bertz CT molecular complexity index is 1920. The van der Waals surface area contributed by atoms with Crippen LogP contribution in [0.15, 0.2) is 65.8 Å². The maximum Gasteiger partial charge on any atom is 0.417 e. The molecule has 0 aliphatic rings. The lowest BCUT2D eigenvalue weighted by Crippen LogP contribution is -2.50. The van der Waals surface area contributed by atoms with Crippen molar-refractivity contribution in [1.29, 1.82) is 0 Å². The van der Waals surface area contributed by atoms with Gasteiger partial charge in [0.1, 0.15) is 5.82 Å². The third-order valence-electron chi connectivity index (χ3n) is 7.83. The maximum absolute atomic E-state index is 14.1. The largest absolute Gasteiger partial charge is 0.417 e. The number of aromatic nitrogens is 1. The highest BCUT2D eigenvalue weighted by molar-refractivity contribution is 7.89. The van der Waals surface area contributed by atoms with Gasteiger partial charge < -0.3 is 10.2 Å². The summed E-state index contributed by atoms with van der Waals surface area (Å²) in [6.45, 7) is 8.88. The molecule has 0 saturated carbocycles. The second-order valence-corrected chi connectivity index (χ2v) is 16.4. The number of halogens is 4. The summed E-state index contributed by atoms with van der Waals surface area (Å²) in [4.78, 5) is 33.1. The van der Waals surface area contributed by atoms with Crippen LogP contribution in [0.3, 0.4) is 0 Å². The van der Waals surface area contributed by atoms with Gasteiger partial charge in [-0.1, -0.05) is 39.0 Å². The van der Waals surface area contributed by atoms with E-state index in [-0.39, 0.29) is 18.9 Å². The van der Waals surface area contributed by atoms with Crippen molar-refractivity contribution in [3.05, 3.63) is 83.4 Å². The molecule has 11 nitrogen and oxygen atoms in total. The highest BCUT2D eigenvalue weighted by Crippen LogP contribution is 2.38. The molecule has 274 valence electrons. The van der Waals surface area contributed by atoms with E-state index in [0.29, 0.717) is 23.3 Å². The predicted molar refractivity (Wildman–Crippen MR) is 177 cm³/mol. The van der Waals surface area contributed by atoms with Crippen LogP contribution in [0.4, 0.5) is 17.6 Å². The minimum atomic E-state index is -5.20. The van der Waals surface area contributed by atoms with E-state index in [1.165, 1.54) is 6.92 Å². The number of amides is 1. The Morgan fingerprint density at radius 3 is 2.30 bits per heavy atom. The number of rotatable bonds is 14. The first kappa shape index (κ1) is 40.5. The topological polar surface area (TPSA) is 152 Å². The Balaban J connectivity index is 1.95. The van der Waals surface area contributed by atoms with Gasteiger partial charge >= 0.3 is 12.1 Å². The van der Waals surface area contributed by atoms with Crippen LogP contribution in [0.25, 0.3) is 11.1 Å². The molecular weight excluding hydrogens is 705 g/mol. The van der Waals surface area contributed by atoms with E-state index in [9.17, 15) is 44.0 Å². The van der Waals surface area contributed by atoms with E-state index < -0.39 is 84.2 Å². The molecule has 0 aliphatic heterocycles. The fraction of sp³-hybridized carbons (Fsp3) is 0.424. The molecule has 0 bridgehead atoms. The average Bonchev–Trinajstić information content (AvgIpc) is 3.00. The van der Waals surface area contributed by atoms with Crippen molar-refractivity contribution >= 4 is 31.9 Å². The van der Waals surface area contributed by atoms with Gasteiger partial charge in [0, 0.05) is 44.4 Å². The molecule has 1 amide bonds. The second-order valence-electron chi connectivity index (χ2n) is 12.8. The molecule has 0 fully saturated rings. The highest BCUT2D eigenvalue weighted by Gasteiger charge is 2.41. The lowest BCUT2D eigenvalue weighted by atomic mass is 9.88. The highest BCUT2D eigenvalue weighted by atomic mass is 32.2. The number of nitrogens with one attached hydrogen (secondary N) is 2. The first-order chi connectivity index (χ1) is 23.0. The Morgan fingerprint density at radius 2 is 1.70 bits per heavy atom. The zero-order chi connectivity index (χ0) is 37.7. The summed E-state index contributed by atoms with van der Waals surface area (Å²) in [5, 5.41) is 2.61. The zero-order valence-corrected chi connectivity index (χ0v) is 30.0. The fourth-order valence-corrected chi connectivity index (χ4v) is 8.26. The molecule has 17 heteroatoms. The van der Waals surface area contributed by atoms with Crippen molar-refractivity contribution < 1.29 is 48.8 Å². The van der Waals surface area contributed by atoms with Crippen molar-refractivity contribution in [3.63, 3.8) is 0 Å². The SMILES string of the molecule is CC(=O)ONS(=O)(=O)CC(NC(=O)CCCN(C(C)c1cccc(-c2ccncc2C)c1)S(=O)(=O)c1ccc(F)cc1C(F)(F)F)C(C)(C)C. The minimum absolute atomic E-state index is 0.118. The first-order valence-electron chi connectivity index (χ1n) is 15.4. The summed E-state index contributed by atoms with van der Waals surface area (Å²) in [6, 6.07) is 7.81. The molecule has 2 atom stereocenters. The summed E-state index contributed by atoms with van der Waals surface area (Å²) in [7, 11) is -9.16. The second kappa shape index (κ2) is 16.0. The quantitative estimate of drug-likeness (QED) is 0.158. The monoisotopic (exact) mass is 744 g/mol. The Hall–Kier alpha value is -3.93. The van der Waals surface area contributed by atoms with Crippen LogP contribution in [0.2, 0.25) is 0 Å². The van der Waals surface area contributed by atoms with Crippen LogP contribution >= 0.6 is 0 Å². The predicted octanol–water partition coefficient (Wildman–Crippen LogP) is 5.68. The maximum atomic E-state index is 14.1. The third-order valence-corrected chi connectivity index (χ3v) is 11.0. The van der Waals surface area contributed by atoms with Gasteiger partial charge in [0.25, 0.3) is 0 Å². The van der Waals surface area contributed by atoms with Gasteiger partial charge in [0.15, 0.2) is 0 Å². The van der Waals surface area contributed by atoms with Crippen LogP contribution in [0.5, 0.6) is 0 Å². The zero-order valence-electron chi connectivity index (χ0n) is 28.3. The fourth-order valence-electron chi connectivity index (χ4n) is 5.07. The van der Waals surface area contributed by atoms with E-state index >= 15 is 0 Å². The molecule has 1 heterocycles. The van der Waals surface area contributed by atoms with Gasteiger partial charge in [-0.2, -0.15) is 17.5 Å². The summed E-state index contributed by atoms with van der Waals surface area (Å²) < 4.78 is 110. The molecule has 0 saturated heterocycles. The molecule has 2 unspecified atom stereocenters. The molecule has 2 aromatic carbocycles. The number of hydrogen-bond acceptors (Lipinski definition) is 8. The lowest BCUT2D eigenvalue weighted by Gasteiger charge is -2.32. The number of hydrogen-bond donors (Lipinski definition) is 2. The number of nitrogens with zero attached hydrogens (tertiary/aromatic N) is 2. The molecule has 1 aromatic heterocycles. The van der Waals surface area contributed by atoms with E-state index in [1.54, 1.807) is 68.4 Å². The molecule has 0 spiro atoms. The number of alkyl halides is 3. The van der Waals surface area contributed by atoms with Gasteiger partial charge in [-0.15, -0.1) is 0 Å². The van der Waals surface area contributed by atoms with Gasteiger partial charge in [0.2, 0.25) is 26.0 Å². The Morgan fingerprint density at radius 1 is 1.02 bits per heavy atom. The van der Waals surface area contributed by atoms with Gasteiger partial charge in [-0.05, 0) is 83.2 Å². The lowest BCUT2D eigenvalue weighted by molar-refractivity contribution is -0.144. The molecule has 0 radical (unpaired) electrons. The number of sulfonamides is 2. The smallest absolute Gasteiger partial charge is 0.356 e. The molecule has 3 aromatic rings. The average molecular weight is 745 g/mol. The van der Waals surface area contributed by atoms with Gasteiger partial charge in [-0.25, -0.2) is 21.2 Å². The van der Waals surface area contributed by atoms with E-state index in [0.717, 1.165) is 22.4 Å². The van der Waals surface area contributed by atoms with Crippen molar-refractivity contribution in [2.45, 2.75) is 77.5 Å². The third kappa shape index (κ3) is 10.8. The Labute approximate surface area is 289 Å². The van der Waals surface area contributed by atoms with Crippen molar-refractivity contribution in [1.82, 2.24) is 19.5 Å². The molecule has 50 heavy (non-hydrogen) atoms. The van der Waals surface area contributed by atoms with E-state index in [4.69, 9.17) is 0 Å². The summed E-state index contributed by atoms with van der Waals surface area (Å²) in [5.74, 6) is -3.50. The van der Waals surface area contributed by atoms with Crippen LogP contribution in [-0.2, 0) is 40.6 Å². The molecular formula is C33H40F4N4O7S2. The van der Waals surface area contributed by atoms with Gasteiger partial charge in [0.05, 0.1) is 16.2 Å². The van der Waals surface area contributed by atoms with Crippen LogP contribution in [-0.4, -0.2) is 56.3 Å². The standard InChI is InChI=1S/C33H40F4N4O7S2/c1-21-19-38-15-14-27(21)25-10-7-9-24(17-25)22(2)41(50(46,47)29-13-12-26(34)18-28(29)33(35,36)37)16-8-11-31(43)39-30(32(4,5)6)20-49(44,45)40-48-23(3)42/h7,9-10,12-15,17-19,22,30,40H,8,11,16,20H2,1-6H3,(H,39,43). The number of benzene rings is 2. The summed E-state index contributed by atoms with van der Waals surface area (Å²) >= 11 is 0.